The monoisotopic (exact) mass is 303 g/mol. The van der Waals surface area contributed by atoms with Gasteiger partial charge < -0.3 is 15.5 Å². The highest BCUT2D eigenvalue weighted by Crippen LogP contribution is 2.32. The van der Waals surface area contributed by atoms with Crippen LogP contribution in [0.1, 0.15) is 41.3 Å². The van der Waals surface area contributed by atoms with E-state index in [1.165, 1.54) is 24.3 Å². The summed E-state index contributed by atoms with van der Waals surface area (Å²) in [5, 5.41) is 22.3. The van der Waals surface area contributed by atoms with Crippen LogP contribution in [0.5, 0.6) is 11.5 Å². The Kier molecular flexibility index (Phi) is 4.65. The second-order valence-corrected chi connectivity index (χ2v) is 5.39. The molecule has 3 N–H and O–H groups in total. The maximum Gasteiger partial charge on any atom is 0.255 e. The lowest BCUT2D eigenvalue weighted by molar-refractivity contribution is 0.0948. The highest BCUT2D eigenvalue weighted by atomic mass is 19.1. The molecule has 0 fully saturated rings. The van der Waals surface area contributed by atoms with Crippen LogP contribution in [0.15, 0.2) is 36.4 Å². The average molecular weight is 303 g/mol. The Morgan fingerprint density at radius 1 is 1.14 bits per heavy atom. The predicted octanol–water partition coefficient (Wildman–Crippen LogP) is 3.29. The van der Waals surface area contributed by atoms with E-state index in [1.54, 1.807) is 12.1 Å². The van der Waals surface area contributed by atoms with Gasteiger partial charge in [-0.15, -0.1) is 0 Å². The van der Waals surface area contributed by atoms with Crippen molar-refractivity contribution in [2.45, 2.75) is 26.3 Å². The molecular weight excluding hydrogens is 285 g/mol. The van der Waals surface area contributed by atoms with Crippen molar-refractivity contribution in [3.63, 3.8) is 0 Å². The quantitative estimate of drug-likeness (QED) is 0.811. The SMILES string of the molecule is CC(C)c1cc(C(=O)NCc2ccc(F)cc2)c(O)cc1O. The van der Waals surface area contributed by atoms with E-state index < -0.39 is 5.91 Å². The van der Waals surface area contributed by atoms with Crippen LogP contribution in [0.3, 0.4) is 0 Å². The number of rotatable bonds is 4. The summed E-state index contributed by atoms with van der Waals surface area (Å²) in [4.78, 5) is 12.2. The lowest BCUT2D eigenvalue weighted by Crippen LogP contribution is -2.23. The van der Waals surface area contributed by atoms with Gasteiger partial charge in [-0.05, 0) is 35.2 Å². The maximum atomic E-state index is 12.8. The van der Waals surface area contributed by atoms with Crippen molar-refractivity contribution in [2.75, 3.05) is 0 Å². The lowest BCUT2D eigenvalue weighted by atomic mass is 9.98. The minimum Gasteiger partial charge on any atom is -0.508 e. The van der Waals surface area contributed by atoms with Gasteiger partial charge in [0.1, 0.15) is 17.3 Å². The van der Waals surface area contributed by atoms with Crippen LogP contribution in [0, 0.1) is 5.82 Å². The van der Waals surface area contributed by atoms with Gasteiger partial charge in [-0.3, -0.25) is 4.79 Å². The zero-order chi connectivity index (χ0) is 16.3. The van der Waals surface area contributed by atoms with Gasteiger partial charge in [0, 0.05) is 12.6 Å². The summed E-state index contributed by atoms with van der Waals surface area (Å²) >= 11 is 0. The normalized spacial score (nSPS) is 10.7. The molecule has 0 unspecified atom stereocenters. The van der Waals surface area contributed by atoms with Crippen LogP contribution < -0.4 is 5.32 Å². The van der Waals surface area contributed by atoms with Crippen LogP contribution >= 0.6 is 0 Å². The molecule has 2 aromatic rings. The third-order valence-electron chi connectivity index (χ3n) is 3.38. The molecule has 2 aromatic carbocycles. The van der Waals surface area contributed by atoms with Crippen LogP contribution in [-0.4, -0.2) is 16.1 Å². The Bertz CT molecular complexity index is 681. The average Bonchev–Trinajstić information content (AvgIpc) is 2.46. The van der Waals surface area contributed by atoms with Crippen LogP contribution in [0.2, 0.25) is 0 Å². The number of benzene rings is 2. The van der Waals surface area contributed by atoms with Crippen LogP contribution in [-0.2, 0) is 6.54 Å². The molecule has 0 aliphatic heterocycles. The second kappa shape index (κ2) is 6.47. The summed E-state index contributed by atoms with van der Waals surface area (Å²) in [6, 6.07) is 8.43. The summed E-state index contributed by atoms with van der Waals surface area (Å²) in [6.45, 7) is 3.98. The number of phenols is 2. The molecule has 0 aromatic heterocycles. The zero-order valence-corrected chi connectivity index (χ0v) is 12.4. The third-order valence-corrected chi connectivity index (χ3v) is 3.38. The fourth-order valence-corrected chi connectivity index (χ4v) is 2.12. The van der Waals surface area contributed by atoms with E-state index in [9.17, 15) is 19.4 Å². The van der Waals surface area contributed by atoms with Crippen molar-refractivity contribution in [3.05, 3.63) is 58.9 Å². The molecular formula is C17H18FNO3. The lowest BCUT2D eigenvalue weighted by Gasteiger charge is -2.13. The number of carbonyl (C=O) groups excluding carboxylic acids is 1. The Morgan fingerprint density at radius 2 is 1.77 bits per heavy atom. The Balaban J connectivity index is 2.15. The van der Waals surface area contributed by atoms with Gasteiger partial charge in [0.15, 0.2) is 0 Å². The molecule has 0 spiro atoms. The van der Waals surface area contributed by atoms with E-state index in [-0.39, 0.29) is 35.3 Å². The van der Waals surface area contributed by atoms with E-state index in [4.69, 9.17) is 0 Å². The molecule has 1 amide bonds. The van der Waals surface area contributed by atoms with Crippen molar-refractivity contribution < 1.29 is 19.4 Å². The first-order chi connectivity index (χ1) is 10.4. The van der Waals surface area contributed by atoms with Crippen molar-refractivity contribution in [3.8, 4) is 11.5 Å². The number of carbonyl (C=O) groups is 1. The van der Waals surface area contributed by atoms with Gasteiger partial charge in [-0.25, -0.2) is 4.39 Å². The molecule has 0 saturated heterocycles. The summed E-state index contributed by atoms with van der Waals surface area (Å²) in [6.07, 6.45) is 0. The fourth-order valence-electron chi connectivity index (χ4n) is 2.12. The Hall–Kier alpha value is -2.56. The number of aromatic hydroxyl groups is 2. The van der Waals surface area contributed by atoms with E-state index in [0.717, 1.165) is 5.56 Å². The van der Waals surface area contributed by atoms with E-state index in [0.29, 0.717) is 5.56 Å². The fraction of sp³-hybridized carbons (Fsp3) is 0.235. The Morgan fingerprint density at radius 3 is 2.36 bits per heavy atom. The molecule has 0 heterocycles. The van der Waals surface area contributed by atoms with E-state index in [1.807, 2.05) is 13.8 Å². The molecule has 0 bridgehead atoms. The number of nitrogens with one attached hydrogen (secondary N) is 1. The first-order valence-corrected chi connectivity index (χ1v) is 6.97. The first-order valence-electron chi connectivity index (χ1n) is 6.97. The largest absolute Gasteiger partial charge is 0.508 e. The van der Waals surface area contributed by atoms with Gasteiger partial charge in [0.05, 0.1) is 5.56 Å². The molecule has 4 nitrogen and oxygen atoms in total. The van der Waals surface area contributed by atoms with Crippen LogP contribution in [0.4, 0.5) is 4.39 Å². The summed E-state index contributed by atoms with van der Waals surface area (Å²) in [5.41, 5.74) is 1.44. The van der Waals surface area contributed by atoms with Crippen molar-refractivity contribution in [2.24, 2.45) is 0 Å². The minimum atomic E-state index is -0.455. The second-order valence-electron chi connectivity index (χ2n) is 5.39. The summed E-state index contributed by atoms with van der Waals surface area (Å²) in [7, 11) is 0. The molecule has 0 radical (unpaired) electrons. The molecule has 22 heavy (non-hydrogen) atoms. The number of phenolic OH excluding ortho intramolecular Hbond substituents is 2. The molecule has 0 aliphatic rings. The maximum absolute atomic E-state index is 12.8. The smallest absolute Gasteiger partial charge is 0.255 e. The molecule has 2 rings (SSSR count). The minimum absolute atomic E-state index is 0.0178. The van der Waals surface area contributed by atoms with E-state index in [2.05, 4.69) is 5.32 Å². The Labute approximate surface area is 128 Å². The van der Waals surface area contributed by atoms with Gasteiger partial charge in [0.25, 0.3) is 5.91 Å². The van der Waals surface area contributed by atoms with Gasteiger partial charge in [-0.2, -0.15) is 0 Å². The molecule has 116 valence electrons. The third kappa shape index (κ3) is 3.55. The zero-order valence-electron chi connectivity index (χ0n) is 12.4. The topological polar surface area (TPSA) is 69.6 Å². The predicted molar refractivity (Wildman–Crippen MR) is 81.4 cm³/mol. The van der Waals surface area contributed by atoms with Crippen molar-refractivity contribution >= 4 is 5.91 Å². The van der Waals surface area contributed by atoms with Crippen LogP contribution in [0.25, 0.3) is 0 Å². The molecule has 0 aliphatic carbocycles. The highest BCUT2D eigenvalue weighted by Gasteiger charge is 2.16. The summed E-state index contributed by atoms with van der Waals surface area (Å²) in [5.74, 6) is -1.10. The highest BCUT2D eigenvalue weighted by molar-refractivity contribution is 5.97. The number of hydrogen-bond donors (Lipinski definition) is 3. The van der Waals surface area contributed by atoms with Gasteiger partial charge in [-0.1, -0.05) is 26.0 Å². The van der Waals surface area contributed by atoms with Gasteiger partial charge in [0.2, 0.25) is 0 Å². The number of halogens is 1. The number of hydrogen-bond acceptors (Lipinski definition) is 3. The molecule has 5 heteroatoms. The summed E-state index contributed by atoms with van der Waals surface area (Å²) < 4.78 is 12.8. The number of amides is 1. The standard InChI is InChI=1S/C17H18FNO3/c1-10(2)13-7-14(16(21)8-15(13)20)17(22)19-9-11-3-5-12(18)6-4-11/h3-8,10,20-21H,9H2,1-2H3,(H,19,22). The first kappa shape index (κ1) is 15.8. The molecule has 0 saturated carbocycles. The van der Waals surface area contributed by atoms with E-state index >= 15 is 0 Å². The van der Waals surface area contributed by atoms with Crippen molar-refractivity contribution in [1.82, 2.24) is 5.32 Å². The van der Waals surface area contributed by atoms with Crippen molar-refractivity contribution in [1.29, 1.82) is 0 Å². The van der Waals surface area contributed by atoms with Gasteiger partial charge >= 0.3 is 0 Å². The molecule has 0 atom stereocenters.